The van der Waals surface area contributed by atoms with Gasteiger partial charge in [-0.25, -0.2) is 0 Å². The Morgan fingerprint density at radius 3 is 2.82 bits per heavy atom. The molecule has 0 amide bonds. The monoisotopic (exact) mass is 233 g/mol. The zero-order valence-electron chi connectivity index (χ0n) is 10.2. The molecule has 4 nitrogen and oxygen atoms in total. The summed E-state index contributed by atoms with van der Waals surface area (Å²) in [6, 6.07) is 6.01. The van der Waals surface area contributed by atoms with E-state index in [4.69, 9.17) is 0 Å². The van der Waals surface area contributed by atoms with Crippen molar-refractivity contribution in [3.8, 4) is 0 Å². The second-order valence-corrected chi connectivity index (χ2v) is 4.78. The molecule has 1 unspecified atom stereocenters. The molecule has 1 saturated heterocycles. The molecule has 0 saturated carbocycles. The number of nitrogens with zero attached hydrogens (tertiary/aromatic N) is 3. The van der Waals surface area contributed by atoms with Crippen molar-refractivity contribution >= 4 is 0 Å². The summed E-state index contributed by atoms with van der Waals surface area (Å²) in [7, 11) is 0. The molecule has 1 fully saturated rings. The molecule has 2 rings (SSSR count). The first kappa shape index (κ1) is 12.2. The first-order valence-corrected chi connectivity index (χ1v) is 6.25. The smallest absolute Gasteiger partial charge is 0.102 e. The van der Waals surface area contributed by atoms with Crippen LogP contribution < -0.4 is 0 Å². The number of likely N-dealkylation sites (tertiary alicyclic amines) is 1. The summed E-state index contributed by atoms with van der Waals surface area (Å²) in [4.78, 5) is 17.1. The number of aromatic nitrogens is 1. The fourth-order valence-electron chi connectivity index (χ4n) is 2.44. The third-order valence-corrected chi connectivity index (χ3v) is 3.40. The zero-order valence-corrected chi connectivity index (χ0v) is 10.2. The lowest BCUT2D eigenvalue weighted by Crippen LogP contribution is -2.37. The summed E-state index contributed by atoms with van der Waals surface area (Å²) in [5.41, 5.74) is 1.20. The van der Waals surface area contributed by atoms with Gasteiger partial charge in [-0.15, -0.1) is 0 Å². The lowest BCUT2D eigenvalue weighted by Gasteiger charge is -2.32. The van der Waals surface area contributed by atoms with Crippen molar-refractivity contribution in [2.75, 3.05) is 19.6 Å². The first-order chi connectivity index (χ1) is 8.29. The highest BCUT2D eigenvalue weighted by Crippen LogP contribution is 2.26. The van der Waals surface area contributed by atoms with Crippen LogP contribution in [-0.4, -0.2) is 35.6 Å². The average Bonchev–Trinajstić information content (AvgIpc) is 2.40. The summed E-state index contributed by atoms with van der Waals surface area (Å²) >= 11 is 0. The van der Waals surface area contributed by atoms with E-state index in [0.717, 1.165) is 32.5 Å². The molecule has 1 aliphatic heterocycles. The quantitative estimate of drug-likeness (QED) is 0.750. The molecule has 0 aliphatic carbocycles. The van der Waals surface area contributed by atoms with Gasteiger partial charge < -0.3 is 4.90 Å². The standard InChI is InChI=1S/C13H19N3O/c1-11(15-17)10-16-8-5-12(6-9-16)13-4-2-3-7-14-13/h2-4,7,11-12H,5-6,8-10H2,1H3. The lowest BCUT2D eigenvalue weighted by atomic mass is 9.93. The molecule has 4 heteroatoms. The van der Waals surface area contributed by atoms with Crippen LogP contribution in [0.25, 0.3) is 0 Å². The first-order valence-electron chi connectivity index (χ1n) is 6.25. The topological polar surface area (TPSA) is 45.6 Å². The van der Waals surface area contributed by atoms with E-state index in [0.29, 0.717) is 5.92 Å². The van der Waals surface area contributed by atoms with Crippen molar-refractivity contribution < 1.29 is 0 Å². The molecule has 1 aromatic heterocycles. The molecule has 0 N–H and O–H groups in total. The van der Waals surface area contributed by atoms with Crippen LogP contribution >= 0.6 is 0 Å². The van der Waals surface area contributed by atoms with Gasteiger partial charge in [0.1, 0.15) is 6.04 Å². The molecule has 0 bridgehead atoms. The van der Waals surface area contributed by atoms with Crippen LogP contribution in [0.4, 0.5) is 0 Å². The van der Waals surface area contributed by atoms with Gasteiger partial charge in [0, 0.05) is 24.4 Å². The van der Waals surface area contributed by atoms with Gasteiger partial charge in [-0.05, 0) is 45.0 Å². The Hall–Kier alpha value is -1.29. The van der Waals surface area contributed by atoms with Crippen LogP contribution in [0.3, 0.4) is 0 Å². The molecule has 1 aromatic rings. The Bertz CT molecular complexity index is 347. The summed E-state index contributed by atoms with van der Waals surface area (Å²) < 4.78 is 0. The minimum absolute atomic E-state index is 0.0959. The lowest BCUT2D eigenvalue weighted by molar-refractivity contribution is 0.203. The van der Waals surface area contributed by atoms with Crippen molar-refractivity contribution in [3.63, 3.8) is 0 Å². The number of nitroso groups, excluding NO2 is 1. The van der Waals surface area contributed by atoms with Crippen LogP contribution in [0.15, 0.2) is 29.6 Å². The maximum absolute atomic E-state index is 10.4. The summed E-state index contributed by atoms with van der Waals surface area (Å²) in [6.45, 7) is 4.75. The minimum atomic E-state index is -0.0959. The van der Waals surface area contributed by atoms with Gasteiger partial charge in [0.15, 0.2) is 0 Å². The van der Waals surface area contributed by atoms with Gasteiger partial charge in [0.05, 0.1) is 0 Å². The maximum atomic E-state index is 10.4. The predicted octanol–water partition coefficient (Wildman–Crippen LogP) is 2.42. The van der Waals surface area contributed by atoms with Crippen molar-refractivity contribution in [2.24, 2.45) is 5.18 Å². The van der Waals surface area contributed by atoms with Crippen molar-refractivity contribution in [3.05, 3.63) is 35.0 Å². The molecule has 0 radical (unpaired) electrons. The van der Waals surface area contributed by atoms with Gasteiger partial charge in [0.2, 0.25) is 0 Å². The predicted molar refractivity (Wildman–Crippen MR) is 67.9 cm³/mol. The Balaban J connectivity index is 1.84. The Morgan fingerprint density at radius 1 is 1.47 bits per heavy atom. The fourth-order valence-corrected chi connectivity index (χ4v) is 2.44. The number of pyridine rings is 1. The van der Waals surface area contributed by atoms with Crippen molar-refractivity contribution in [2.45, 2.75) is 31.7 Å². The third-order valence-electron chi connectivity index (χ3n) is 3.40. The van der Waals surface area contributed by atoms with Crippen LogP contribution in [0.1, 0.15) is 31.4 Å². The van der Waals surface area contributed by atoms with Crippen LogP contribution in [0.5, 0.6) is 0 Å². The van der Waals surface area contributed by atoms with E-state index in [1.807, 2.05) is 25.3 Å². The van der Waals surface area contributed by atoms with E-state index in [-0.39, 0.29) is 6.04 Å². The van der Waals surface area contributed by atoms with E-state index in [2.05, 4.69) is 21.1 Å². The van der Waals surface area contributed by atoms with Crippen molar-refractivity contribution in [1.29, 1.82) is 0 Å². The number of piperidine rings is 1. The van der Waals surface area contributed by atoms with Crippen molar-refractivity contribution in [1.82, 2.24) is 9.88 Å². The molecule has 0 spiro atoms. The third kappa shape index (κ3) is 3.33. The summed E-state index contributed by atoms with van der Waals surface area (Å²) in [5, 5.41) is 3.06. The second-order valence-electron chi connectivity index (χ2n) is 4.78. The zero-order chi connectivity index (χ0) is 12.1. The summed E-state index contributed by atoms with van der Waals surface area (Å²) in [6.07, 6.45) is 4.12. The molecule has 1 atom stereocenters. The van der Waals surface area contributed by atoms with Gasteiger partial charge in [-0.3, -0.25) is 4.98 Å². The summed E-state index contributed by atoms with van der Waals surface area (Å²) in [5.74, 6) is 0.576. The average molecular weight is 233 g/mol. The highest BCUT2D eigenvalue weighted by molar-refractivity contribution is 5.10. The Kier molecular flexibility index (Phi) is 4.20. The van der Waals surface area contributed by atoms with E-state index in [1.165, 1.54) is 5.69 Å². The van der Waals surface area contributed by atoms with Gasteiger partial charge >= 0.3 is 0 Å². The van der Waals surface area contributed by atoms with E-state index >= 15 is 0 Å². The SMILES string of the molecule is CC(CN1CCC(c2ccccn2)CC1)N=O. The highest BCUT2D eigenvalue weighted by Gasteiger charge is 2.22. The number of hydrogen-bond donors (Lipinski definition) is 0. The number of hydrogen-bond acceptors (Lipinski definition) is 4. The minimum Gasteiger partial charge on any atom is -0.301 e. The molecular weight excluding hydrogens is 214 g/mol. The van der Waals surface area contributed by atoms with Crippen LogP contribution in [0, 0.1) is 4.91 Å². The molecule has 0 aromatic carbocycles. The van der Waals surface area contributed by atoms with Gasteiger partial charge in [-0.1, -0.05) is 11.2 Å². The van der Waals surface area contributed by atoms with E-state index in [9.17, 15) is 4.91 Å². The van der Waals surface area contributed by atoms with Gasteiger partial charge in [0.25, 0.3) is 0 Å². The normalized spacial score (nSPS) is 20.1. The Morgan fingerprint density at radius 2 is 2.24 bits per heavy atom. The Labute approximate surface area is 102 Å². The fraction of sp³-hybridized carbons (Fsp3) is 0.615. The van der Waals surface area contributed by atoms with E-state index < -0.39 is 0 Å². The molecular formula is C13H19N3O. The maximum Gasteiger partial charge on any atom is 0.102 e. The van der Waals surface area contributed by atoms with Crippen LogP contribution in [0.2, 0.25) is 0 Å². The highest BCUT2D eigenvalue weighted by atomic mass is 16.3. The van der Waals surface area contributed by atoms with E-state index in [1.54, 1.807) is 0 Å². The molecule has 1 aliphatic rings. The molecule has 17 heavy (non-hydrogen) atoms. The largest absolute Gasteiger partial charge is 0.301 e. The second kappa shape index (κ2) is 5.87. The van der Waals surface area contributed by atoms with Gasteiger partial charge in [-0.2, -0.15) is 4.91 Å². The molecule has 92 valence electrons. The number of rotatable bonds is 4. The molecule has 2 heterocycles. The van der Waals surface area contributed by atoms with Crippen LogP contribution in [-0.2, 0) is 0 Å².